The highest BCUT2D eigenvalue weighted by Crippen LogP contribution is 2.76. The van der Waals surface area contributed by atoms with E-state index in [9.17, 15) is 96.4 Å². The Kier molecular flexibility index (Phi) is 19.6. The van der Waals surface area contributed by atoms with Gasteiger partial charge in [0.25, 0.3) is 0 Å². The minimum absolute atomic E-state index is 0.0223. The average Bonchev–Trinajstić information content (AvgIpc) is 0.680. The first kappa shape index (κ1) is 68.5. The molecule has 0 amide bonds. The molecule has 9 fully saturated rings. The van der Waals surface area contributed by atoms with Crippen molar-refractivity contribution < 1.29 is 144 Å². The largest absolute Gasteiger partial charge is 0.481 e. The van der Waals surface area contributed by atoms with Crippen LogP contribution in [-0.4, -0.2) is 285 Å². The maximum absolute atomic E-state index is 13.2. The lowest BCUT2D eigenvalue weighted by Gasteiger charge is -2.71. The smallest absolute Gasteiger partial charge is 0.335 e. The lowest BCUT2D eigenvalue weighted by atomic mass is 9.33. The Bertz CT molecular complexity index is 2500. The van der Waals surface area contributed by atoms with Crippen LogP contribution in [0.15, 0.2) is 11.6 Å². The van der Waals surface area contributed by atoms with Crippen molar-refractivity contribution in [3.8, 4) is 0 Å². The first-order chi connectivity index (χ1) is 41.2. The van der Waals surface area contributed by atoms with Gasteiger partial charge in [-0.3, -0.25) is 4.79 Å². The molecule has 0 aromatic rings. The molecule has 0 spiro atoms. The molecule has 33 atom stereocenters. The number of aliphatic hydroxyl groups is 15. The summed E-state index contributed by atoms with van der Waals surface area (Å²) in [5.74, 6) is -2.60. The normalized spacial score (nSPS) is 53.5. The van der Waals surface area contributed by atoms with E-state index in [0.29, 0.717) is 25.7 Å². The Labute approximate surface area is 508 Å². The lowest BCUT2D eigenvalue weighted by molar-refractivity contribution is -0.394. The zero-order valence-corrected chi connectivity index (χ0v) is 50.5. The molecule has 5 aliphatic carbocycles. The van der Waals surface area contributed by atoms with Crippen molar-refractivity contribution in [2.75, 3.05) is 26.4 Å². The van der Waals surface area contributed by atoms with E-state index in [1.165, 1.54) is 5.57 Å². The van der Waals surface area contributed by atoms with Gasteiger partial charge in [-0.1, -0.05) is 60.1 Å². The number of ether oxygens (including phenoxy) is 10. The van der Waals surface area contributed by atoms with Crippen LogP contribution in [-0.2, 0) is 57.0 Å². The van der Waals surface area contributed by atoms with Crippen molar-refractivity contribution in [1.82, 2.24) is 0 Å². The number of carbonyl (C=O) groups is 2. The van der Waals surface area contributed by atoms with Crippen LogP contribution in [0.2, 0.25) is 0 Å². The second kappa shape index (κ2) is 25.1. The summed E-state index contributed by atoms with van der Waals surface area (Å²) in [6, 6.07) is 0. The van der Waals surface area contributed by atoms with Gasteiger partial charge in [0.15, 0.2) is 37.6 Å². The van der Waals surface area contributed by atoms with Crippen LogP contribution in [0.25, 0.3) is 0 Å². The molecule has 17 N–H and O–H groups in total. The Morgan fingerprint density at radius 3 is 1.57 bits per heavy atom. The van der Waals surface area contributed by atoms with Gasteiger partial charge in [0.2, 0.25) is 0 Å². The summed E-state index contributed by atoms with van der Waals surface area (Å²) in [4.78, 5) is 26.0. The first-order valence-corrected chi connectivity index (χ1v) is 30.8. The minimum Gasteiger partial charge on any atom is -0.481 e. The highest BCUT2D eigenvalue weighted by atomic mass is 16.8. The molecule has 5 aliphatic heterocycles. The number of carboxylic acids is 2. The third-order valence-corrected chi connectivity index (χ3v) is 23.1. The molecule has 4 saturated carbocycles. The molecule has 0 unspecified atom stereocenters. The van der Waals surface area contributed by atoms with Crippen molar-refractivity contribution in [2.45, 2.75) is 266 Å². The molecule has 5 heterocycles. The summed E-state index contributed by atoms with van der Waals surface area (Å²) in [5.41, 5.74) is -1.57. The third kappa shape index (κ3) is 11.3. The van der Waals surface area contributed by atoms with Crippen molar-refractivity contribution in [3.63, 3.8) is 0 Å². The molecule has 5 saturated heterocycles. The molecule has 0 aromatic heterocycles. The second-order valence-electron chi connectivity index (χ2n) is 28.8. The van der Waals surface area contributed by atoms with Crippen molar-refractivity contribution >= 4 is 11.9 Å². The van der Waals surface area contributed by atoms with Gasteiger partial charge in [-0.2, -0.15) is 0 Å². The highest BCUT2D eigenvalue weighted by Gasteiger charge is 2.71. The van der Waals surface area contributed by atoms with E-state index in [1.54, 1.807) is 0 Å². The second-order valence-corrected chi connectivity index (χ2v) is 28.8. The molecule has 0 radical (unpaired) electrons. The number of hydrogen-bond donors (Lipinski definition) is 17. The Morgan fingerprint density at radius 2 is 1.01 bits per heavy atom. The number of rotatable bonds is 15. The summed E-state index contributed by atoms with van der Waals surface area (Å²) in [7, 11) is 0. The molecular formula is C59H94O29. The number of fused-ring (bicyclic) bond motifs is 7. The fourth-order valence-electron chi connectivity index (χ4n) is 18.0. The van der Waals surface area contributed by atoms with E-state index in [-0.39, 0.29) is 40.4 Å². The molecule has 0 bridgehead atoms. The lowest BCUT2D eigenvalue weighted by Crippen LogP contribution is -2.69. The van der Waals surface area contributed by atoms with Gasteiger partial charge < -0.3 is 134 Å². The molecule has 29 heteroatoms. The molecule has 10 rings (SSSR count). The average molecular weight is 1270 g/mol. The molecule has 0 aromatic carbocycles. The van der Waals surface area contributed by atoms with Crippen molar-refractivity contribution in [1.29, 1.82) is 0 Å². The van der Waals surface area contributed by atoms with E-state index in [0.717, 1.165) is 25.7 Å². The van der Waals surface area contributed by atoms with Gasteiger partial charge in [0.1, 0.15) is 110 Å². The fourth-order valence-corrected chi connectivity index (χ4v) is 18.0. The van der Waals surface area contributed by atoms with E-state index in [1.807, 2.05) is 13.8 Å². The van der Waals surface area contributed by atoms with Gasteiger partial charge in [-0.15, -0.1) is 0 Å². The van der Waals surface area contributed by atoms with Gasteiger partial charge in [-0.25, -0.2) is 4.79 Å². The standard InChI is InChI=1S/C59H94O29/c1-54(2)12-14-59(53(77)78)15-13-57(6)22(23(59)16-54)8-9-30-56(5)17-24(63)46(55(3,4)29(56)10-11-58(30,57)7)88-52-40(74)44(37(71)45(87-52)47(75)76)86-49-36(70)34(68)41(28(20-62)82-49)83-50-39(73)43(33(67)27(19-61)80-50)85-51-38(72)42(32(66)26(18-60)81-51)84-48-35(69)31(65)25(64)21-79-48/h8,23-46,48-52,60-74H,9-21H2,1-7H3,(H,75,76)(H,77,78)/t23-,24-,25+,26+,27+,28+,29-,30+,31-,32-,33-,34+,35+,36+,37-,38+,39+,40+,41-,42-,43-,44-,45-,46-,48-,49-,50-,51-,52-,56-,57+,58+,59-/m0/s1. The summed E-state index contributed by atoms with van der Waals surface area (Å²) >= 11 is 0. The molecule has 29 nitrogen and oxygen atoms in total. The van der Waals surface area contributed by atoms with Crippen LogP contribution in [0.4, 0.5) is 0 Å². The molecular weight excluding hydrogens is 1170 g/mol. The zero-order chi connectivity index (χ0) is 64.4. The highest BCUT2D eigenvalue weighted by molar-refractivity contribution is 5.76. The molecule has 504 valence electrons. The number of hydrogen-bond acceptors (Lipinski definition) is 27. The Morgan fingerprint density at radius 1 is 0.511 bits per heavy atom. The summed E-state index contributed by atoms with van der Waals surface area (Å²) in [5, 5.41) is 187. The maximum Gasteiger partial charge on any atom is 0.335 e. The van der Waals surface area contributed by atoms with E-state index < -0.39 is 214 Å². The van der Waals surface area contributed by atoms with Crippen molar-refractivity contribution in [2.24, 2.45) is 50.2 Å². The van der Waals surface area contributed by atoms with Gasteiger partial charge in [0.05, 0.1) is 44.1 Å². The van der Waals surface area contributed by atoms with Crippen LogP contribution in [0, 0.1) is 50.2 Å². The predicted octanol–water partition coefficient (Wildman–Crippen LogP) is -3.94. The summed E-state index contributed by atoms with van der Waals surface area (Å²) in [6.45, 7) is 11.7. The van der Waals surface area contributed by atoms with Crippen LogP contribution >= 0.6 is 0 Å². The molecule has 88 heavy (non-hydrogen) atoms. The minimum atomic E-state index is -2.24. The topological polar surface area (TPSA) is 470 Å². The summed E-state index contributed by atoms with van der Waals surface area (Å²) < 4.78 is 57.8. The monoisotopic (exact) mass is 1270 g/mol. The Hall–Kier alpha value is -2.32. The number of aliphatic carboxylic acids is 2. The quantitative estimate of drug-likeness (QED) is 0.0550. The van der Waals surface area contributed by atoms with Gasteiger partial charge in [-0.05, 0) is 103 Å². The van der Waals surface area contributed by atoms with Crippen LogP contribution in [0.1, 0.15) is 106 Å². The number of aliphatic hydroxyl groups excluding tert-OH is 15. The number of allylic oxidation sites excluding steroid dienone is 2. The van der Waals surface area contributed by atoms with Gasteiger partial charge in [0, 0.05) is 0 Å². The predicted molar refractivity (Wildman–Crippen MR) is 292 cm³/mol. The zero-order valence-electron chi connectivity index (χ0n) is 50.5. The fraction of sp³-hybridized carbons (Fsp3) is 0.932. The maximum atomic E-state index is 13.2. The van der Waals surface area contributed by atoms with Crippen LogP contribution in [0.3, 0.4) is 0 Å². The van der Waals surface area contributed by atoms with Crippen LogP contribution in [0.5, 0.6) is 0 Å². The van der Waals surface area contributed by atoms with Gasteiger partial charge >= 0.3 is 11.9 Å². The van der Waals surface area contributed by atoms with E-state index in [4.69, 9.17) is 47.4 Å². The third-order valence-electron chi connectivity index (χ3n) is 23.1. The summed E-state index contributed by atoms with van der Waals surface area (Å²) in [6.07, 6.45) is -40.9. The Balaban J connectivity index is 0.823. The van der Waals surface area contributed by atoms with E-state index in [2.05, 4.69) is 40.7 Å². The van der Waals surface area contributed by atoms with Crippen LogP contribution < -0.4 is 0 Å². The van der Waals surface area contributed by atoms with Crippen molar-refractivity contribution in [3.05, 3.63) is 11.6 Å². The molecule has 10 aliphatic rings. The SMILES string of the molecule is CC1(C)CC[C@]2(C(=O)O)CC[C@]3(C)C(=CC[C@@H]4[C@@]5(C)C[C@H](O)[C@H](O[C@@H]6O[C@H](C(=O)O)[C@@H](O)[C@H](O[C@@H]7O[C@H](CO)[C@H](O[C@@H]8O[C@H](CO)[C@H](O)[C@H](O[C@@H]9O[C@H](CO)[C@H](O)[C@H](O[C@@H]%10OC[C@@H](O)[C@H](O)[C@H]%10O)[C@H]9O)[C@H]8O)[C@H](O)[C@H]7O)[C@H]6O)C(C)(C)[C@@H]5CC[C@]43C)[C@@H]2C1. The van der Waals surface area contributed by atoms with E-state index >= 15 is 0 Å². The number of carboxylic acid groups (broad SMARTS) is 2. The first-order valence-electron chi connectivity index (χ1n) is 30.8.